The van der Waals surface area contributed by atoms with Crippen LogP contribution in [-0.2, 0) is 11.4 Å². The Kier molecular flexibility index (Phi) is 5.72. The molecule has 2 aromatic carbocycles. The maximum Gasteiger partial charge on any atom is 0.328 e. The third-order valence-electron chi connectivity index (χ3n) is 2.77. The van der Waals surface area contributed by atoms with E-state index in [1.54, 1.807) is 18.2 Å². The maximum atomic E-state index is 10.5. The van der Waals surface area contributed by atoms with E-state index in [0.717, 1.165) is 11.6 Å². The molecular formula is C16H11Cl3O3. The predicted octanol–water partition coefficient (Wildman–Crippen LogP) is 5.32. The van der Waals surface area contributed by atoms with E-state index < -0.39 is 5.97 Å². The van der Waals surface area contributed by atoms with Crippen LogP contribution in [0.4, 0.5) is 0 Å². The van der Waals surface area contributed by atoms with Crippen molar-refractivity contribution >= 4 is 46.8 Å². The fourth-order valence-electron chi connectivity index (χ4n) is 1.75. The van der Waals surface area contributed by atoms with Crippen LogP contribution in [0.2, 0.25) is 15.1 Å². The van der Waals surface area contributed by atoms with Gasteiger partial charge in [0.05, 0.1) is 10.0 Å². The molecule has 0 aliphatic heterocycles. The molecule has 0 saturated heterocycles. The molecule has 0 unspecified atom stereocenters. The van der Waals surface area contributed by atoms with E-state index in [1.165, 1.54) is 6.08 Å². The van der Waals surface area contributed by atoms with Gasteiger partial charge in [0.1, 0.15) is 6.61 Å². The number of benzene rings is 2. The molecule has 0 saturated carbocycles. The van der Waals surface area contributed by atoms with Gasteiger partial charge in [0.2, 0.25) is 0 Å². The number of carbonyl (C=O) groups is 1. The van der Waals surface area contributed by atoms with E-state index in [4.69, 9.17) is 44.6 Å². The molecule has 0 spiro atoms. The SMILES string of the molecule is O=C(O)/C=C/c1cc(Cl)c(OCc2ccccc2Cl)c(Cl)c1. The van der Waals surface area contributed by atoms with Gasteiger partial charge < -0.3 is 9.84 Å². The lowest BCUT2D eigenvalue weighted by atomic mass is 10.2. The topological polar surface area (TPSA) is 46.5 Å². The number of carboxylic acids is 1. The van der Waals surface area contributed by atoms with Crippen molar-refractivity contribution in [2.45, 2.75) is 6.61 Å². The summed E-state index contributed by atoms with van der Waals surface area (Å²) in [6.07, 6.45) is 2.41. The second kappa shape index (κ2) is 7.54. The second-order valence-electron chi connectivity index (χ2n) is 4.37. The Morgan fingerprint density at radius 3 is 2.32 bits per heavy atom. The van der Waals surface area contributed by atoms with Gasteiger partial charge in [-0.25, -0.2) is 4.79 Å². The third-order valence-corrected chi connectivity index (χ3v) is 3.70. The van der Waals surface area contributed by atoms with Crippen LogP contribution in [0.3, 0.4) is 0 Å². The fraction of sp³-hybridized carbons (Fsp3) is 0.0625. The third kappa shape index (κ3) is 4.41. The summed E-state index contributed by atoms with van der Waals surface area (Å²) in [4.78, 5) is 10.5. The van der Waals surface area contributed by atoms with E-state index in [9.17, 15) is 4.79 Å². The number of hydrogen-bond donors (Lipinski definition) is 1. The smallest absolute Gasteiger partial charge is 0.328 e. The zero-order valence-corrected chi connectivity index (χ0v) is 13.5. The zero-order valence-electron chi connectivity index (χ0n) is 11.2. The lowest BCUT2D eigenvalue weighted by Gasteiger charge is -2.11. The van der Waals surface area contributed by atoms with Gasteiger partial charge >= 0.3 is 5.97 Å². The summed E-state index contributed by atoms with van der Waals surface area (Å²) < 4.78 is 5.63. The molecule has 2 aromatic rings. The first-order chi connectivity index (χ1) is 10.5. The van der Waals surface area contributed by atoms with Crippen LogP contribution in [0, 0.1) is 0 Å². The summed E-state index contributed by atoms with van der Waals surface area (Å²) in [5, 5.41) is 9.80. The quantitative estimate of drug-likeness (QED) is 0.736. The Morgan fingerprint density at radius 1 is 1.09 bits per heavy atom. The second-order valence-corrected chi connectivity index (χ2v) is 5.59. The van der Waals surface area contributed by atoms with E-state index in [0.29, 0.717) is 26.4 Å². The van der Waals surface area contributed by atoms with Crippen LogP contribution < -0.4 is 4.74 Å². The summed E-state index contributed by atoms with van der Waals surface area (Å²) in [6, 6.07) is 10.4. The minimum atomic E-state index is -1.05. The molecule has 0 amide bonds. The van der Waals surface area contributed by atoms with Crippen molar-refractivity contribution in [3.63, 3.8) is 0 Å². The number of aliphatic carboxylic acids is 1. The molecule has 0 atom stereocenters. The number of halogens is 3. The molecule has 0 radical (unpaired) electrons. The van der Waals surface area contributed by atoms with Crippen LogP contribution in [0.5, 0.6) is 5.75 Å². The number of carboxylic acid groups (broad SMARTS) is 1. The Bertz CT molecular complexity index is 703. The van der Waals surface area contributed by atoms with Crippen LogP contribution >= 0.6 is 34.8 Å². The first-order valence-electron chi connectivity index (χ1n) is 6.23. The molecule has 22 heavy (non-hydrogen) atoms. The van der Waals surface area contributed by atoms with Crippen molar-refractivity contribution in [2.24, 2.45) is 0 Å². The fourth-order valence-corrected chi connectivity index (χ4v) is 2.55. The minimum absolute atomic E-state index is 0.226. The summed E-state index contributed by atoms with van der Waals surface area (Å²) in [7, 11) is 0. The normalized spacial score (nSPS) is 10.9. The largest absolute Gasteiger partial charge is 0.486 e. The Labute approximate surface area is 142 Å². The predicted molar refractivity (Wildman–Crippen MR) is 88.9 cm³/mol. The highest BCUT2D eigenvalue weighted by molar-refractivity contribution is 6.37. The van der Waals surface area contributed by atoms with Crippen molar-refractivity contribution in [2.75, 3.05) is 0 Å². The van der Waals surface area contributed by atoms with Crippen molar-refractivity contribution in [1.29, 1.82) is 0 Å². The molecule has 0 aliphatic carbocycles. The molecule has 2 rings (SSSR count). The summed E-state index contributed by atoms with van der Waals surface area (Å²) in [5.41, 5.74) is 1.38. The first-order valence-corrected chi connectivity index (χ1v) is 7.37. The van der Waals surface area contributed by atoms with Crippen LogP contribution in [0.15, 0.2) is 42.5 Å². The van der Waals surface area contributed by atoms with Gasteiger partial charge in [-0.2, -0.15) is 0 Å². The maximum absolute atomic E-state index is 10.5. The molecule has 1 N–H and O–H groups in total. The molecule has 3 nitrogen and oxygen atoms in total. The van der Waals surface area contributed by atoms with Gasteiger partial charge in [-0.15, -0.1) is 0 Å². The molecule has 0 fully saturated rings. The van der Waals surface area contributed by atoms with Crippen molar-refractivity contribution in [3.05, 3.63) is 68.7 Å². The Hall–Kier alpha value is -1.68. The average molecular weight is 358 g/mol. The zero-order chi connectivity index (χ0) is 16.1. The lowest BCUT2D eigenvalue weighted by molar-refractivity contribution is -0.131. The Balaban J connectivity index is 2.18. The minimum Gasteiger partial charge on any atom is -0.486 e. The summed E-state index contributed by atoms with van der Waals surface area (Å²) in [5.74, 6) is -0.720. The van der Waals surface area contributed by atoms with Gasteiger partial charge in [-0.3, -0.25) is 0 Å². The molecule has 6 heteroatoms. The monoisotopic (exact) mass is 356 g/mol. The number of rotatable bonds is 5. The highest BCUT2D eigenvalue weighted by Crippen LogP contribution is 2.35. The summed E-state index contributed by atoms with van der Waals surface area (Å²) >= 11 is 18.3. The van der Waals surface area contributed by atoms with Gasteiger partial charge in [0.25, 0.3) is 0 Å². The van der Waals surface area contributed by atoms with Gasteiger partial charge in [0, 0.05) is 16.7 Å². The number of hydrogen-bond acceptors (Lipinski definition) is 2. The van der Waals surface area contributed by atoms with E-state index in [1.807, 2.05) is 18.2 Å². The summed E-state index contributed by atoms with van der Waals surface area (Å²) in [6.45, 7) is 0.226. The van der Waals surface area contributed by atoms with Crippen LogP contribution in [0.1, 0.15) is 11.1 Å². The van der Waals surface area contributed by atoms with Gasteiger partial charge in [0.15, 0.2) is 5.75 Å². The van der Waals surface area contributed by atoms with E-state index >= 15 is 0 Å². The molecule has 0 aliphatic rings. The molecule has 114 valence electrons. The van der Waals surface area contributed by atoms with Gasteiger partial charge in [-0.05, 0) is 29.8 Å². The van der Waals surface area contributed by atoms with Gasteiger partial charge in [-0.1, -0.05) is 53.0 Å². The molecule has 0 bridgehead atoms. The van der Waals surface area contributed by atoms with Crippen molar-refractivity contribution in [1.82, 2.24) is 0 Å². The van der Waals surface area contributed by atoms with E-state index in [-0.39, 0.29) is 6.61 Å². The molecular weight excluding hydrogens is 347 g/mol. The van der Waals surface area contributed by atoms with E-state index in [2.05, 4.69) is 0 Å². The highest BCUT2D eigenvalue weighted by atomic mass is 35.5. The van der Waals surface area contributed by atoms with Crippen molar-refractivity contribution in [3.8, 4) is 5.75 Å². The van der Waals surface area contributed by atoms with Crippen molar-refractivity contribution < 1.29 is 14.6 Å². The molecule has 0 heterocycles. The van der Waals surface area contributed by atoms with Crippen LogP contribution in [0.25, 0.3) is 6.08 Å². The molecule has 0 aromatic heterocycles. The number of ether oxygens (including phenoxy) is 1. The first kappa shape index (κ1) is 16.7. The Morgan fingerprint density at radius 2 is 1.73 bits per heavy atom. The average Bonchev–Trinajstić information content (AvgIpc) is 2.46. The van der Waals surface area contributed by atoms with Crippen LogP contribution in [-0.4, -0.2) is 11.1 Å². The highest BCUT2D eigenvalue weighted by Gasteiger charge is 2.10. The standard InChI is InChI=1S/C16H11Cl3O3/c17-12-4-2-1-3-11(12)9-22-16-13(18)7-10(8-14(16)19)5-6-15(20)21/h1-8H,9H2,(H,20,21)/b6-5+. The lowest BCUT2D eigenvalue weighted by Crippen LogP contribution is -1.97.